The lowest BCUT2D eigenvalue weighted by Gasteiger charge is -2.22. The van der Waals surface area contributed by atoms with Gasteiger partial charge in [0.15, 0.2) is 0 Å². The molecule has 0 aliphatic heterocycles. The summed E-state index contributed by atoms with van der Waals surface area (Å²) in [7, 11) is 0. The lowest BCUT2D eigenvalue weighted by atomic mass is 9.83. The van der Waals surface area contributed by atoms with E-state index in [9.17, 15) is 10.6 Å². The SMILES string of the molecule is [2H]c1c([2H])c(C(C([2H])([2H])[2H])(C([2H])([2H])[2H])C([2H])([2H])[2H])c([2H])c([2H])c1-c1ccnc(-c2cc(-c3cccc4c3nc(-c3cc(C([2H])(C)C)cc(C([2H])(C)C)c3O)n4-c3cc(-c4ccccc4)c(C)cc3-c3ccc(C(C)(C)C)cc3)cc(C(C)(C)C)c2)c1. The molecule has 360 valence electrons. The van der Waals surface area contributed by atoms with Gasteiger partial charge in [0.25, 0.3) is 0 Å². The molecule has 9 aromatic rings. The first-order chi connectivity index (χ1) is 39.6. The standard InChI is InChI=1S/C67H71N3O/c1-41(2)48-37-55(42(3)4)63(71)58(38-48)64-69-62-54(49-34-50(36-53(35-49)67(12,13)14)59-39-47(31-32-68-59)44-23-27-51(28-24-44)65(6,7)8)21-18-22-60(62)70(64)61-40-56(45-19-16-15-17-20-45)43(5)33-57(61)46-25-29-52(30-26-46)66(9,10)11/h15-42,71H,1-14H3/i6D3,7D3,8D3,23D,24D,27D,28D,41D,42D. The minimum absolute atomic E-state index is 0.110. The summed E-state index contributed by atoms with van der Waals surface area (Å²) >= 11 is 0. The fraction of sp³-hybridized carbons (Fsp3) is 0.284. The Hall–Kier alpha value is -7.04. The summed E-state index contributed by atoms with van der Waals surface area (Å²) in [5.74, 6) is -2.24. The van der Waals surface area contributed by atoms with Gasteiger partial charge in [-0.25, -0.2) is 4.98 Å². The van der Waals surface area contributed by atoms with Crippen molar-refractivity contribution in [2.75, 3.05) is 0 Å². The van der Waals surface area contributed by atoms with Crippen LogP contribution in [0.25, 0.3) is 83.9 Å². The van der Waals surface area contributed by atoms with Crippen LogP contribution in [0.3, 0.4) is 0 Å². The smallest absolute Gasteiger partial charge is 0.149 e. The molecule has 0 saturated carbocycles. The van der Waals surface area contributed by atoms with E-state index in [1.54, 1.807) is 45.9 Å². The Kier molecular flexibility index (Phi) is 8.79. The fourth-order valence-electron chi connectivity index (χ4n) is 9.17. The van der Waals surface area contributed by atoms with Crippen molar-refractivity contribution in [3.63, 3.8) is 0 Å². The van der Waals surface area contributed by atoms with E-state index in [4.69, 9.17) is 25.0 Å². The molecule has 0 aliphatic rings. The van der Waals surface area contributed by atoms with E-state index in [1.807, 2.05) is 48.5 Å². The molecule has 71 heavy (non-hydrogen) atoms. The Balaban J connectivity index is 1.35. The Morgan fingerprint density at radius 3 is 1.87 bits per heavy atom. The van der Waals surface area contributed by atoms with Crippen molar-refractivity contribution in [3.05, 3.63) is 191 Å². The fourth-order valence-corrected chi connectivity index (χ4v) is 9.17. The van der Waals surface area contributed by atoms with Crippen LogP contribution >= 0.6 is 0 Å². The first-order valence-electron chi connectivity index (χ1n) is 31.5. The molecule has 0 saturated heterocycles. The van der Waals surface area contributed by atoms with Gasteiger partial charge in [-0.15, -0.1) is 0 Å². The number of hydrogen-bond acceptors (Lipinski definition) is 3. The molecule has 7 aromatic carbocycles. The molecule has 2 heterocycles. The maximum absolute atomic E-state index is 12.7. The van der Waals surface area contributed by atoms with Gasteiger partial charge in [-0.2, -0.15) is 0 Å². The minimum atomic E-state index is -3.83. The van der Waals surface area contributed by atoms with Gasteiger partial charge in [-0.05, 0) is 150 Å². The van der Waals surface area contributed by atoms with Gasteiger partial charge in [-0.1, -0.05) is 193 Å². The van der Waals surface area contributed by atoms with Crippen LogP contribution in [0.5, 0.6) is 5.75 Å². The van der Waals surface area contributed by atoms with Crippen molar-refractivity contribution in [2.24, 2.45) is 0 Å². The number of benzene rings is 7. The predicted octanol–water partition coefficient (Wildman–Crippen LogP) is 18.6. The summed E-state index contributed by atoms with van der Waals surface area (Å²) < 4.78 is 132. The normalized spacial score (nSPS) is 16.3. The van der Waals surface area contributed by atoms with Gasteiger partial charge < -0.3 is 5.11 Å². The number of rotatable bonds is 9. The average molecular weight is 949 g/mol. The zero-order chi connectivity index (χ0) is 63.6. The molecule has 0 fully saturated rings. The van der Waals surface area contributed by atoms with Crippen LogP contribution in [-0.2, 0) is 16.2 Å². The number of aromatic hydroxyl groups is 1. The van der Waals surface area contributed by atoms with E-state index in [2.05, 4.69) is 108 Å². The summed E-state index contributed by atoms with van der Waals surface area (Å²) in [6.45, 7) is 10.2. The molecule has 9 rings (SSSR count). The van der Waals surface area contributed by atoms with Gasteiger partial charge in [0, 0.05) is 38.0 Å². The largest absolute Gasteiger partial charge is 0.507 e. The van der Waals surface area contributed by atoms with E-state index >= 15 is 0 Å². The molecular weight excluding hydrogens is 863 g/mol. The first kappa shape index (κ1) is 33.5. The number of aromatic nitrogens is 3. The van der Waals surface area contributed by atoms with Gasteiger partial charge in [0.05, 0.1) is 33.5 Å². The molecular formula is C67H71N3O. The molecule has 0 aliphatic carbocycles. The highest BCUT2D eigenvalue weighted by Crippen LogP contribution is 2.46. The highest BCUT2D eigenvalue weighted by atomic mass is 16.3. The Morgan fingerprint density at radius 2 is 1.23 bits per heavy atom. The van der Waals surface area contributed by atoms with Gasteiger partial charge >= 0.3 is 0 Å². The van der Waals surface area contributed by atoms with Gasteiger partial charge in [0.2, 0.25) is 0 Å². The van der Waals surface area contributed by atoms with Gasteiger partial charge in [-0.3, -0.25) is 9.55 Å². The maximum atomic E-state index is 12.7. The molecule has 0 unspecified atom stereocenters. The van der Waals surface area contributed by atoms with Crippen LogP contribution in [0.15, 0.2) is 158 Å². The van der Waals surface area contributed by atoms with E-state index in [0.29, 0.717) is 55.9 Å². The average Bonchev–Trinajstić information content (AvgIpc) is 0.757. The van der Waals surface area contributed by atoms with Crippen LogP contribution in [0.1, 0.15) is 156 Å². The number of fused-ring (bicyclic) bond motifs is 1. The lowest BCUT2D eigenvalue weighted by Crippen LogP contribution is -2.11. The second-order valence-electron chi connectivity index (χ2n) is 21.2. The second kappa shape index (κ2) is 18.6. The third-order valence-corrected chi connectivity index (χ3v) is 13.3. The van der Waals surface area contributed by atoms with Crippen molar-refractivity contribution < 1.29 is 25.7 Å². The number of hydrogen-bond donors (Lipinski definition) is 1. The lowest BCUT2D eigenvalue weighted by molar-refractivity contribution is 0.466. The van der Waals surface area contributed by atoms with Crippen molar-refractivity contribution in [1.29, 1.82) is 0 Å². The molecule has 4 heteroatoms. The van der Waals surface area contributed by atoms with E-state index in [1.165, 1.54) is 12.3 Å². The number of phenols is 1. The topological polar surface area (TPSA) is 50.9 Å². The van der Waals surface area contributed by atoms with Crippen LogP contribution in [0.2, 0.25) is 0 Å². The predicted molar refractivity (Wildman–Crippen MR) is 302 cm³/mol. The summed E-state index contributed by atoms with van der Waals surface area (Å²) in [6.07, 6.45) is 1.42. The Bertz CT molecular complexity index is 4050. The zero-order valence-corrected chi connectivity index (χ0v) is 42.5. The highest BCUT2D eigenvalue weighted by molar-refractivity contribution is 5.98. The number of pyridine rings is 1. The zero-order valence-electron chi connectivity index (χ0n) is 57.5. The maximum Gasteiger partial charge on any atom is 0.149 e. The van der Waals surface area contributed by atoms with Crippen molar-refractivity contribution >= 4 is 11.0 Å². The Morgan fingerprint density at radius 1 is 0.549 bits per heavy atom. The molecule has 0 atom stereocenters. The Labute approximate surface area is 444 Å². The van der Waals surface area contributed by atoms with Crippen LogP contribution < -0.4 is 0 Å². The third kappa shape index (κ3) is 9.74. The van der Waals surface area contributed by atoms with E-state index < -0.39 is 72.9 Å². The molecule has 0 radical (unpaired) electrons. The second-order valence-corrected chi connectivity index (χ2v) is 21.2. The summed E-state index contributed by atoms with van der Waals surface area (Å²) in [6, 6.07) is 37.5. The number of imidazole rings is 1. The minimum Gasteiger partial charge on any atom is -0.507 e. The van der Waals surface area contributed by atoms with Crippen molar-refractivity contribution in [2.45, 2.75) is 125 Å². The van der Waals surface area contributed by atoms with Gasteiger partial charge in [0.1, 0.15) is 11.6 Å². The molecule has 4 nitrogen and oxygen atoms in total. The molecule has 2 aromatic heterocycles. The van der Waals surface area contributed by atoms with Crippen LogP contribution in [0, 0.1) is 6.92 Å². The van der Waals surface area contributed by atoms with Crippen molar-refractivity contribution in [1.82, 2.24) is 14.5 Å². The first-order valence-corrected chi connectivity index (χ1v) is 24.0. The van der Waals surface area contributed by atoms with Crippen LogP contribution in [0.4, 0.5) is 0 Å². The number of aryl methyl sites for hydroxylation is 1. The highest BCUT2D eigenvalue weighted by Gasteiger charge is 2.27. The number of nitrogens with zero attached hydrogens (tertiary/aromatic N) is 3. The van der Waals surface area contributed by atoms with Crippen molar-refractivity contribution in [3.8, 4) is 78.6 Å². The number of phenolic OH excluding ortho intramolecular Hbond substituents is 1. The van der Waals surface area contributed by atoms with E-state index in [-0.39, 0.29) is 22.3 Å². The van der Waals surface area contributed by atoms with E-state index in [0.717, 1.165) is 44.6 Å². The molecule has 0 amide bonds. The van der Waals surface area contributed by atoms with Crippen LogP contribution in [-0.4, -0.2) is 19.6 Å². The summed E-state index contributed by atoms with van der Waals surface area (Å²) in [4.78, 5) is 10.3. The number of para-hydroxylation sites is 1. The summed E-state index contributed by atoms with van der Waals surface area (Å²) in [5, 5.41) is 12.7. The molecule has 0 bridgehead atoms. The quantitative estimate of drug-likeness (QED) is 0.157. The summed E-state index contributed by atoms with van der Waals surface area (Å²) in [5.41, 5.74) is 6.47. The molecule has 1 N–H and O–H groups in total. The third-order valence-electron chi connectivity index (χ3n) is 13.3. The molecule has 0 spiro atoms. The monoisotopic (exact) mass is 949 g/mol.